The average molecular weight is 496 g/mol. The van der Waals surface area contributed by atoms with Crippen LogP contribution in [0.4, 0.5) is 0 Å². The van der Waals surface area contributed by atoms with E-state index < -0.39 is 0 Å². The Balaban J connectivity index is 1.36. The van der Waals surface area contributed by atoms with E-state index in [0.29, 0.717) is 23.3 Å². The lowest BCUT2D eigenvalue weighted by Crippen LogP contribution is -2.45. The molecule has 0 saturated carbocycles. The second kappa shape index (κ2) is 10.6. The van der Waals surface area contributed by atoms with Crippen molar-refractivity contribution in [2.45, 2.75) is 19.4 Å². The molecule has 0 bridgehead atoms. The van der Waals surface area contributed by atoms with Gasteiger partial charge in [0.25, 0.3) is 11.8 Å². The standard InChI is InChI=1S/C29H25N3O3S/c1-19-31-26(27(36-19)21-11-6-3-7-12-21)29(34)32-22(17-20-9-4-2-5-10-20)18-30-28(33)24-13-8-14-25-23(24)15-16-35-25/h2-16,22H,17-18H2,1H3,(H,30,33)(H,32,34)/t22-/m1/s1. The van der Waals surface area contributed by atoms with E-state index in [9.17, 15) is 9.59 Å². The Morgan fingerprint density at radius 3 is 2.44 bits per heavy atom. The van der Waals surface area contributed by atoms with Gasteiger partial charge in [0, 0.05) is 11.9 Å². The van der Waals surface area contributed by atoms with E-state index in [1.165, 1.54) is 11.3 Å². The minimum absolute atomic E-state index is 0.219. The molecule has 7 heteroatoms. The number of thiazole rings is 1. The molecule has 2 heterocycles. The Morgan fingerprint density at radius 2 is 1.67 bits per heavy atom. The first-order valence-corrected chi connectivity index (χ1v) is 12.5. The molecule has 36 heavy (non-hydrogen) atoms. The Labute approximate surface area is 213 Å². The predicted octanol–water partition coefficient (Wildman–Crippen LogP) is 5.64. The lowest BCUT2D eigenvalue weighted by atomic mass is 10.0. The van der Waals surface area contributed by atoms with Crippen molar-refractivity contribution in [1.82, 2.24) is 15.6 Å². The zero-order valence-electron chi connectivity index (χ0n) is 19.7. The number of nitrogens with zero attached hydrogens (tertiary/aromatic N) is 1. The fraction of sp³-hybridized carbons (Fsp3) is 0.138. The molecule has 0 aliphatic heterocycles. The number of aryl methyl sites for hydroxylation is 1. The summed E-state index contributed by atoms with van der Waals surface area (Å²) in [4.78, 5) is 31.8. The minimum atomic E-state index is -0.335. The Morgan fingerprint density at radius 1 is 0.917 bits per heavy atom. The molecule has 2 N–H and O–H groups in total. The molecule has 2 amide bonds. The van der Waals surface area contributed by atoms with Crippen molar-refractivity contribution < 1.29 is 14.0 Å². The molecule has 3 aromatic carbocycles. The normalized spacial score (nSPS) is 11.8. The number of hydrogen-bond donors (Lipinski definition) is 2. The summed E-state index contributed by atoms with van der Waals surface area (Å²) < 4.78 is 5.42. The number of carbonyl (C=O) groups is 2. The summed E-state index contributed by atoms with van der Waals surface area (Å²) >= 11 is 1.49. The van der Waals surface area contributed by atoms with Gasteiger partial charge in [0.15, 0.2) is 0 Å². The summed E-state index contributed by atoms with van der Waals surface area (Å²) in [7, 11) is 0. The first-order valence-electron chi connectivity index (χ1n) is 11.7. The zero-order chi connectivity index (χ0) is 24.9. The second-order valence-electron chi connectivity index (χ2n) is 8.48. The van der Waals surface area contributed by atoms with E-state index in [1.807, 2.05) is 73.7 Å². The third kappa shape index (κ3) is 5.21. The number of rotatable bonds is 8. The summed E-state index contributed by atoms with van der Waals surface area (Å²) in [5.41, 5.74) is 3.61. The molecule has 5 rings (SSSR count). The van der Waals surface area contributed by atoms with Crippen LogP contribution in [0.1, 0.15) is 31.4 Å². The van der Waals surface area contributed by atoms with Gasteiger partial charge in [-0.05, 0) is 42.7 Å². The van der Waals surface area contributed by atoms with Crippen LogP contribution in [-0.2, 0) is 6.42 Å². The molecule has 0 radical (unpaired) electrons. The van der Waals surface area contributed by atoms with Crippen LogP contribution >= 0.6 is 11.3 Å². The van der Waals surface area contributed by atoms with Gasteiger partial charge in [-0.25, -0.2) is 4.98 Å². The maximum Gasteiger partial charge on any atom is 0.271 e. The Bertz CT molecular complexity index is 1490. The van der Waals surface area contributed by atoms with Crippen molar-refractivity contribution in [3.8, 4) is 10.4 Å². The highest BCUT2D eigenvalue weighted by molar-refractivity contribution is 7.15. The molecule has 6 nitrogen and oxygen atoms in total. The van der Waals surface area contributed by atoms with Gasteiger partial charge in [0.1, 0.15) is 11.3 Å². The van der Waals surface area contributed by atoms with E-state index in [0.717, 1.165) is 26.4 Å². The van der Waals surface area contributed by atoms with E-state index in [-0.39, 0.29) is 24.4 Å². The number of fused-ring (bicyclic) bond motifs is 1. The third-order valence-corrected chi connectivity index (χ3v) is 6.91. The van der Waals surface area contributed by atoms with E-state index >= 15 is 0 Å². The highest BCUT2D eigenvalue weighted by Gasteiger charge is 2.22. The smallest absolute Gasteiger partial charge is 0.271 e. The van der Waals surface area contributed by atoms with Crippen LogP contribution in [0.15, 0.2) is 95.6 Å². The number of carbonyl (C=O) groups excluding carboxylic acids is 2. The molecule has 0 aliphatic rings. The SMILES string of the molecule is Cc1nc(C(=O)N[C@@H](CNC(=O)c2cccc3occc23)Cc2ccccc2)c(-c2ccccc2)s1. The van der Waals surface area contributed by atoms with Gasteiger partial charge in [0.2, 0.25) is 0 Å². The van der Waals surface area contributed by atoms with Crippen LogP contribution in [0.3, 0.4) is 0 Å². The fourth-order valence-corrected chi connectivity index (χ4v) is 5.12. The number of hydrogen-bond acceptors (Lipinski definition) is 5. The van der Waals surface area contributed by atoms with Crippen molar-refractivity contribution in [1.29, 1.82) is 0 Å². The molecule has 0 aliphatic carbocycles. The molecule has 0 spiro atoms. The summed E-state index contributed by atoms with van der Waals surface area (Å²) in [5.74, 6) is -0.478. The second-order valence-corrected chi connectivity index (χ2v) is 9.69. The third-order valence-electron chi connectivity index (χ3n) is 5.89. The quantitative estimate of drug-likeness (QED) is 0.292. The van der Waals surface area contributed by atoms with Gasteiger partial charge in [-0.2, -0.15) is 0 Å². The van der Waals surface area contributed by atoms with E-state index in [1.54, 1.807) is 24.5 Å². The van der Waals surface area contributed by atoms with E-state index in [2.05, 4.69) is 15.6 Å². The van der Waals surface area contributed by atoms with Crippen LogP contribution in [0.5, 0.6) is 0 Å². The molecule has 180 valence electrons. The first kappa shape index (κ1) is 23.5. The molecule has 1 atom stereocenters. The molecule has 0 saturated heterocycles. The minimum Gasteiger partial charge on any atom is -0.464 e. The maximum atomic E-state index is 13.4. The lowest BCUT2D eigenvalue weighted by Gasteiger charge is -2.20. The molecule has 2 aromatic heterocycles. The topological polar surface area (TPSA) is 84.2 Å². The summed E-state index contributed by atoms with van der Waals surface area (Å²) in [6, 6.07) is 26.5. The van der Waals surface area contributed by atoms with Gasteiger partial charge < -0.3 is 15.1 Å². The monoisotopic (exact) mass is 495 g/mol. The number of aromatic nitrogens is 1. The van der Waals surface area contributed by atoms with Crippen LogP contribution < -0.4 is 10.6 Å². The maximum absolute atomic E-state index is 13.4. The first-order chi connectivity index (χ1) is 17.6. The van der Waals surface area contributed by atoms with Crippen molar-refractivity contribution in [3.05, 3.63) is 113 Å². The number of amides is 2. The lowest BCUT2D eigenvalue weighted by molar-refractivity contribution is 0.0907. The number of benzene rings is 3. The number of furan rings is 1. The van der Waals surface area contributed by atoms with Crippen molar-refractivity contribution in [2.75, 3.05) is 6.54 Å². The largest absolute Gasteiger partial charge is 0.464 e. The number of nitrogens with one attached hydrogen (secondary N) is 2. The molecular weight excluding hydrogens is 470 g/mol. The van der Waals surface area contributed by atoms with Crippen LogP contribution in [0, 0.1) is 6.92 Å². The Hall–Kier alpha value is -4.23. The Kier molecular flexibility index (Phi) is 6.91. The van der Waals surface area contributed by atoms with Gasteiger partial charge >= 0.3 is 0 Å². The van der Waals surface area contributed by atoms with Crippen LogP contribution in [0.2, 0.25) is 0 Å². The van der Waals surface area contributed by atoms with Crippen molar-refractivity contribution in [3.63, 3.8) is 0 Å². The molecule has 5 aromatic rings. The average Bonchev–Trinajstić information content (AvgIpc) is 3.55. The van der Waals surface area contributed by atoms with Gasteiger partial charge in [-0.3, -0.25) is 9.59 Å². The van der Waals surface area contributed by atoms with Gasteiger partial charge in [-0.15, -0.1) is 11.3 Å². The van der Waals surface area contributed by atoms with Crippen molar-refractivity contribution >= 4 is 34.1 Å². The summed E-state index contributed by atoms with van der Waals surface area (Å²) in [6.45, 7) is 2.16. The summed E-state index contributed by atoms with van der Waals surface area (Å²) in [5, 5.41) is 7.69. The highest BCUT2D eigenvalue weighted by Crippen LogP contribution is 2.30. The van der Waals surface area contributed by atoms with Crippen molar-refractivity contribution in [2.24, 2.45) is 0 Å². The van der Waals surface area contributed by atoms with Crippen LogP contribution in [0.25, 0.3) is 21.4 Å². The van der Waals surface area contributed by atoms with Gasteiger partial charge in [-0.1, -0.05) is 66.7 Å². The molecular formula is C29H25N3O3S. The molecule has 0 unspecified atom stereocenters. The predicted molar refractivity (Wildman–Crippen MR) is 142 cm³/mol. The van der Waals surface area contributed by atoms with Gasteiger partial charge in [0.05, 0.1) is 27.8 Å². The summed E-state index contributed by atoms with van der Waals surface area (Å²) in [6.07, 6.45) is 2.13. The zero-order valence-corrected chi connectivity index (χ0v) is 20.5. The van der Waals surface area contributed by atoms with E-state index in [4.69, 9.17) is 4.42 Å². The molecule has 0 fully saturated rings. The highest BCUT2D eigenvalue weighted by atomic mass is 32.1. The van der Waals surface area contributed by atoms with Crippen LogP contribution in [-0.4, -0.2) is 29.4 Å². The fourth-order valence-electron chi connectivity index (χ4n) is 4.20.